The first-order valence-electron chi connectivity index (χ1n) is 7.84. The molecule has 0 aromatic rings. The summed E-state index contributed by atoms with van der Waals surface area (Å²) in [6, 6.07) is 0. The van der Waals surface area contributed by atoms with E-state index in [-0.39, 0.29) is 0 Å². The summed E-state index contributed by atoms with van der Waals surface area (Å²) in [5.74, 6) is 0.844. The molecule has 0 fully saturated rings. The van der Waals surface area contributed by atoms with Gasteiger partial charge < -0.3 is 0 Å². The Labute approximate surface area is 125 Å². The van der Waals surface area contributed by atoms with E-state index in [0.717, 1.165) is 5.88 Å². The van der Waals surface area contributed by atoms with E-state index in [1.165, 1.54) is 71.3 Å². The second-order valence-corrected chi connectivity index (χ2v) is 5.65. The Balaban J connectivity index is 0. The van der Waals surface area contributed by atoms with E-state index in [9.17, 15) is 0 Å². The zero-order chi connectivity index (χ0) is 15.0. The van der Waals surface area contributed by atoms with Crippen LogP contribution in [-0.4, -0.2) is 34.7 Å². The molecule has 0 amide bonds. The molecule has 0 aliphatic heterocycles. The number of hydrogen-bond acceptors (Lipinski definition) is 2. The molecule has 0 radical (unpaired) electrons. The normalized spacial score (nSPS) is 11.1. The molecule has 3 nitrogen and oxygen atoms in total. The van der Waals surface area contributed by atoms with Gasteiger partial charge in [0.2, 0.25) is 0 Å². The molecule has 0 aliphatic carbocycles. The van der Waals surface area contributed by atoms with Crippen LogP contribution in [0.2, 0.25) is 0 Å². The maximum atomic E-state index is 8.32. The number of quaternary nitrogens is 1. The number of alkyl halides is 1. The number of nitrogens with zero attached hydrogens (tertiary/aromatic N) is 1. The van der Waals surface area contributed by atoms with Crippen LogP contribution in [0.25, 0.3) is 0 Å². The van der Waals surface area contributed by atoms with Crippen molar-refractivity contribution in [3.63, 3.8) is 0 Å². The second-order valence-electron chi connectivity index (χ2n) is 5.28. The van der Waals surface area contributed by atoms with Crippen molar-refractivity contribution in [3.05, 3.63) is 0 Å². The van der Waals surface area contributed by atoms with Gasteiger partial charge in [-0.2, -0.15) is 10.4 Å². The molecule has 0 aliphatic rings. The van der Waals surface area contributed by atoms with E-state index >= 15 is 0 Å². The van der Waals surface area contributed by atoms with Crippen molar-refractivity contribution in [2.24, 2.45) is 0 Å². The molecule has 19 heavy (non-hydrogen) atoms. The number of halogens is 1. The maximum Gasteiger partial charge on any atom is 0.139 e. The van der Waals surface area contributed by atoms with Gasteiger partial charge >= 0.3 is 0 Å². The van der Waals surface area contributed by atoms with Gasteiger partial charge in [0, 0.05) is 5.88 Å². The Kier molecular flexibility index (Phi) is 18.3. The van der Waals surface area contributed by atoms with Gasteiger partial charge in [-0.05, 0) is 13.3 Å². The SMILES string of the molecule is CCCCCCCCCCCCCl.CC[N+](C)(O)O. The molecule has 0 atom stereocenters. The highest BCUT2D eigenvalue weighted by Crippen LogP contribution is 2.10. The third kappa shape index (κ3) is 27.4. The molecule has 118 valence electrons. The van der Waals surface area contributed by atoms with Crippen molar-refractivity contribution in [1.82, 2.24) is 0 Å². The summed E-state index contributed by atoms with van der Waals surface area (Å²) in [6.45, 7) is 4.27. The number of unbranched alkanes of at least 4 members (excludes halogenated alkanes) is 9. The van der Waals surface area contributed by atoms with Crippen molar-refractivity contribution in [2.45, 2.75) is 78.1 Å². The van der Waals surface area contributed by atoms with Gasteiger partial charge in [-0.15, -0.1) is 11.6 Å². The first kappa shape index (κ1) is 21.5. The summed E-state index contributed by atoms with van der Waals surface area (Å²) in [5, 5.41) is 16.6. The summed E-state index contributed by atoms with van der Waals surface area (Å²) in [4.78, 5) is -0.931. The largest absolute Gasteiger partial charge is 0.182 e. The van der Waals surface area contributed by atoms with Crippen molar-refractivity contribution in [2.75, 3.05) is 19.5 Å². The molecular formula is C15H35ClNO2+. The summed E-state index contributed by atoms with van der Waals surface area (Å²) in [5.41, 5.74) is 0. The minimum atomic E-state index is -0.931. The molecule has 0 heterocycles. The average Bonchev–Trinajstić information content (AvgIpc) is 2.37. The summed E-state index contributed by atoms with van der Waals surface area (Å²) >= 11 is 5.60. The van der Waals surface area contributed by atoms with Crippen LogP contribution >= 0.6 is 11.6 Å². The lowest BCUT2D eigenvalue weighted by Gasteiger charge is -2.10. The fraction of sp³-hybridized carbons (Fsp3) is 1.00. The van der Waals surface area contributed by atoms with E-state index in [0.29, 0.717) is 6.54 Å². The lowest BCUT2D eigenvalue weighted by atomic mass is 10.1. The van der Waals surface area contributed by atoms with Gasteiger partial charge in [0.15, 0.2) is 0 Å². The fourth-order valence-corrected chi connectivity index (χ4v) is 1.77. The maximum absolute atomic E-state index is 8.32. The second kappa shape index (κ2) is 16.2. The number of hydrogen-bond donors (Lipinski definition) is 2. The predicted molar refractivity (Wildman–Crippen MR) is 82.9 cm³/mol. The van der Waals surface area contributed by atoms with Crippen LogP contribution in [-0.2, 0) is 0 Å². The lowest BCUT2D eigenvalue weighted by molar-refractivity contribution is -1.23. The summed E-state index contributed by atoms with van der Waals surface area (Å²) in [6.07, 6.45) is 13.9. The molecular weight excluding hydrogens is 262 g/mol. The highest BCUT2D eigenvalue weighted by atomic mass is 35.5. The Morgan fingerprint density at radius 2 is 1.05 bits per heavy atom. The third-order valence-corrected chi connectivity index (χ3v) is 3.35. The van der Waals surface area contributed by atoms with Crippen LogP contribution in [0.5, 0.6) is 0 Å². The molecule has 0 aromatic carbocycles. The molecule has 0 spiro atoms. The first-order valence-corrected chi connectivity index (χ1v) is 8.38. The van der Waals surface area contributed by atoms with Crippen molar-refractivity contribution < 1.29 is 15.2 Å². The quantitative estimate of drug-likeness (QED) is 0.233. The van der Waals surface area contributed by atoms with Crippen molar-refractivity contribution in [3.8, 4) is 0 Å². The van der Waals surface area contributed by atoms with Crippen molar-refractivity contribution in [1.29, 1.82) is 0 Å². The minimum absolute atomic E-state index is 0.319. The van der Waals surface area contributed by atoms with Crippen molar-refractivity contribution >= 4 is 11.6 Å². The molecule has 2 N–H and O–H groups in total. The van der Waals surface area contributed by atoms with E-state index < -0.39 is 4.81 Å². The van der Waals surface area contributed by atoms with Gasteiger partial charge in [0.25, 0.3) is 0 Å². The van der Waals surface area contributed by atoms with Crippen LogP contribution < -0.4 is 0 Å². The molecule has 0 aromatic heterocycles. The molecule has 0 rings (SSSR count). The molecule has 0 saturated carbocycles. The zero-order valence-corrected chi connectivity index (χ0v) is 14.0. The number of rotatable bonds is 11. The van der Waals surface area contributed by atoms with Gasteiger partial charge in [0.05, 0.1) is 0 Å². The Hall–Kier alpha value is 0.170. The Morgan fingerprint density at radius 3 is 1.32 bits per heavy atom. The van der Waals surface area contributed by atoms with Gasteiger partial charge in [-0.3, -0.25) is 0 Å². The zero-order valence-electron chi connectivity index (χ0n) is 13.2. The number of hydroxylamine groups is 4. The smallest absolute Gasteiger partial charge is 0.139 e. The topological polar surface area (TPSA) is 40.5 Å². The van der Waals surface area contributed by atoms with Gasteiger partial charge in [0.1, 0.15) is 13.6 Å². The third-order valence-electron chi connectivity index (χ3n) is 3.09. The lowest BCUT2D eigenvalue weighted by Crippen LogP contribution is -2.35. The standard InChI is InChI=1S/C12H25Cl.C3H10NO2/c1-2-3-4-5-6-7-8-9-10-11-12-13;1-3-4(2,5)6/h2-12H2,1H3;5-6H,3H2,1-2H3/q;+1. The van der Waals surface area contributed by atoms with Crippen LogP contribution in [0, 0.1) is 0 Å². The fourth-order valence-electron chi connectivity index (χ4n) is 1.58. The minimum Gasteiger partial charge on any atom is -0.182 e. The van der Waals surface area contributed by atoms with Gasteiger partial charge in [-0.1, -0.05) is 69.5 Å². The molecule has 4 heteroatoms. The molecule has 0 unspecified atom stereocenters. The van der Waals surface area contributed by atoms with E-state index in [4.69, 9.17) is 22.0 Å². The Morgan fingerprint density at radius 1 is 0.737 bits per heavy atom. The molecule has 0 saturated heterocycles. The van der Waals surface area contributed by atoms with Gasteiger partial charge in [-0.25, -0.2) is 0 Å². The highest BCUT2D eigenvalue weighted by Gasteiger charge is 2.06. The molecule has 0 bridgehead atoms. The predicted octanol–water partition coefficient (Wildman–Crippen LogP) is 5.38. The first-order chi connectivity index (χ1) is 8.97. The average molecular weight is 297 g/mol. The highest BCUT2D eigenvalue weighted by molar-refractivity contribution is 6.17. The summed E-state index contributed by atoms with van der Waals surface area (Å²) < 4.78 is 0. The van der Waals surface area contributed by atoms with Crippen LogP contribution in [0.1, 0.15) is 78.1 Å². The Bertz CT molecular complexity index is 151. The van der Waals surface area contributed by atoms with Crippen LogP contribution in [0.15, 0.2) is 0 Å². The monoisotopic (exact) mass is 296 g/mol. The van der Waals surface area contributed by atoms with Crippen LogP contribution in [0.3, 0.4) is 0 Å². The van der Waals surface area contributed by atoms with Crippen LogP contribution in [0.4, 0.5) is 0 Å². The summed E-state index contributed by atoms with van der Waals surface area (Å²) in [7, 11) is 1.29. The van der Waals surface area contributed by atoms with E-state index in [2.05, 4.69) is 6.92 Å². The van der Waals surface area contributed by atoms with E-state index in [1.807, 2.05) is 0 Å². The van der Waals surface area contributed by atoms with E-state index in [1.54, 1.807) is 6.92 Å².